The van der Waals surface area contributed by atoms with E-state index in [1.807, 2.05) is 0 Å². The van der Waals surface area contributed by atoms with E-state index in [0.29, 0.717) is 17.7 Å². The monoisotopic (exact) mass is 381 g/mol. The SMILES string of the molecule is O=C(CN1C(=O)C(=O)N(C2CCCCC2)C1=O)Nc1cc(Cl)ccc1F. The number of rotatable bonds is 4. The van der Waals surface area contributed by atoms with E-state index in [2.05, 4.69) is 5.32 Å². The molecule has 9 heteroatoms. The van der Waals surface area contributed by atoms with Gasteiger partial charge in [0, 0.05) is 11.1 Å². The van der Waals surface area contributed by atoms with Gasteiger partial charge in [0.25, 0.3) is 0 Å². The van der Waals surface area contributed by atoms with E-state index >= 15 is 0 Å². The van der Waals surface area contributed by atoms with E-state index in [9.17, 15) is 23.6 Å². The van der Waals surface area contributed by atoms with Crippen LogP contribution in [0.15, 0.2) is 18.2 Å². The summed E-state index contributed by atoms with van der Waals surface area (Å²) in [6.45, 7) is -0.668. The van der Waals surface area contributed by atoms with Gasteiger partial charge in [0.05, 0.1) is 5.69 Å². The highest BCUT2D eigenvalue weighted by atomic mass is 35.5. The number of halogens is 2. The number of hydrogen-bond donors (Lipinski definition) is 1. The zero-order valence-corrected chi connectivity index (χ0v) is 14.6. The van der Waals surface area contributed by atoms with Crippen molar-refractivity contribution in [2.45, 2.75) is 38.1 Å². The van der Waals surface area contributed by atoms with Gasteiger partial charge in [-0.25, -0.2) is 14.1 Å². The van der Waals surface area contributed by atoms with E-state index in [1.54, 1.807) is 0 Å². The maximum Gasteiger partial charge on any atom is 0.334 e. The van der Waals surface area contributed by atoms with Crippen molar-refractivity contribution >= 4 is 41.0 Å². The first kappa shape index (κ1) is 18.3. The Morgan fingerprint density at radius 2 is 1.85 bits per heavy atom. The van der Waals surface area contributed by atoms with Crippen LogP contribution in [0.5, 0.6) is 0 Å². The minimum atomic E-state index is -1.04. The summed E-state index contributed by atoms with van der Waals surface area (Å²) in [6, 6.07) is 2.50. The summed E-state index contributed by atoms with van der Waals surface area (Å²) in [5.74, 6) is -3.46. The summed E-state index contributed by atoms with van der Waals surface area (Å²) >= 11 is 5.75. The Balaban J connectivity index is 1.69. The van der Waals surface area contributed by atoms with Crippen LogP contribution in [0.25, 0.3) is 0 Å². The molecule has 1 N–H and O–H groups in total. The summed E-state index contributed by atoms with van der Waals surface area (Å²) in [5.41, 5.74) is -0.169. The second-order valence-electron chi connectivity index (χ2n) is 6.31. The average molecular weight is 382 g/mol. The smallest absolute Gasteiger partial charge is 0.322 e. The number of anilines is 1. The van der Waals surface area contributed by atoms with Gasteiger partial charge in [-0.1, -0.05) is 30.9 Å². The number of imide groups is 2. The molecule has 0 atom stereocenters. The fourth-order valence-electron chi connectivity index (χ4n) is 3.25. The summed E-state index contributed by atoms with van der Waals surface area (Å²) in [5, 5.41) is 2.47. The van der Waals surface area contributed by atoms with Crippen molar-refractivity contribution in [3.05, 3.63) is 29.0 Å². The lowest BCUT2D eigenvalue weighted by atomic mass is 9.94. The highest BCUT2D eigenvalue weighted by Gasteiger charge is 2.48. The molecule has 1 aliphatic heterocycles. The molecule has 0 spiro atoms. The van der Waals surface area contributed by atoms with E-state index < -0.39 is 36.1 Å². The van der Waals surface area contributed by atoms with Crippen LogP contribution >= 0.6 is 11.6 Å². The Hall–Kier alpha value is -2.48. The van der Waals surface area contributed by atoms with Gasteiger partial charge in [0.1, 0.15) is 12.4 Å². The normalized spacial score (nSPS) is 18.6. The number of hydrogen-bond acceptors (Lipinski definition) is 4. The van der Waals surface area contributed by atoms with Crippen LogP contribution in [0.2, 0.25) is 5.02 Å². The van der Waals surface area contributed by atoms with Gasteiger partial charge >= 0.3 is 17.8 Å². The average Bonchev–Trinajstić information content (AvgIpc) is 2.82. The zero-order valence-electron chi connectivity index (χ0n) is 13.8. The van der Waals surface area contributed by atoms with Gasteiger partial charge in [-0.2, -0.15) is 0 Å². The maximum atomic E-state index is 13.7. The van der Waals surface area contributed by atoms with Gasteiger partial charge in [-0.05, 0) is 31.0 Å². The van der Waals surface area contributed by atoms with Crippen molar-refractivity contribution in [3.8, 4) is 0 Å². The zero-order chi connectivity index (χ0) is 18.8. The summed E-state index contributed by atoms with van der Waals surface area (Å²) in [4.78, 5) is 50.4. The molecule has 1 saturated heterocycles. The number of nitrogens with one attached hydrogen (secondary N) is 1. The predicted octanol–water partition coefficient (Wildman–Crippen LogP) is 2.54. The predicted molar refractivity (Wildman–Crippen MR) is 90.9 cm³/mol. The Morgan fingerprint density at radius 3 is 2.54 bits per heavy atom. The molecule has 5 amide bonds. The van der Waals surface area contributed by atoms with Crippen molar-refractivity contribution in [3.63, 3.8) is 0 Å². The fraction of sp³-hybridized carbons (Fsp3) is 0.412. The molecule has 1 aromatic rings. The largest absolute Gasteiger partial charge is 0.334 e. The molecule has 0 radical (unpaired) electrons. The third kappa shape index (κ3) is 3.55. The molecule has 0 unspecified atom stereocenters. The van der Waals surface area contributed by atoms with Crippen molar-refractivity contribution in [2.24, 2.45) is 0 Å². The summed E-state index contributed by atoms with van der Waals surface area (Å²) in [6.07, 6.45) is 4.09. The molecular weight excluding hydrogens is 365 g/mol. The van der Waals surface area contributed by atoms with Crippen LogP contribution in [0.3, 0.4) is 0 Å². The van der Waals surface area contributed by atoms with E-state index in [1.165, 1.54) is 12.1 Å². The Kier molecular flexibility index (Phi) is 5.22. The maximum absolute atomic E-state index is 13.7. The van der Waals surface area contributed by atoms with Crippen LogP contribution in [0.1, 0.15) is 32.1 Å². The summed E-state index contributed by atoms with van der Waals surface area (Å²) < 4.78 is 13.7. The van der Waals surface area contributed by atoms with E-state index in [0.717, 1.165) is 30.2 Å². The standard InChI is InChI=1S/C17H17ClFN3O4/c18-10-6-7-12(19)13(8-10)20-14(23)9-21-15(24)16(25)22(17(21)26)11-4-2-1-3-5-11/h6-8,11H,1-5,9H2,(H,20,23). The first-order chi connectivity index (χ1) is 12.4. The highest BCUT2D eigenvalue weighted by molar-refractivity contribution is 6.45. The third-order valence-electron chi connectivity index (χ3n) is 4.53. The molecular formula is C17H17ClFN3O4. The minimum absolute atomic E-state index is 0.169. The van der Waals surface area contributed by atoms with Crippen molar-refractivity contribution < 1.29 is 23.6 Å². The number of amides is 5. The van der Waals surface area contributed by atoms with Crippen molar-refractivity contribution in [1.29, 1.82) is 0 Å². The Bertz CT molecular complexity index is 779. The second kappa shape index (κ2) is 7.41. The van der Waals surface area contributed by atoms with Crippen molar-refractivity contribution in [2.75, 3.05) is 11.9 Å². The molecule has 7 nitrogen and oxygen atoms in total. The fourth-order valence-corrected chi connectivity index (χ4v) is 3.42. The van der Waals surface area contributed by atoms with Crippen LogP contribution in [-0.2, 0) is 14.4 Å². The van der Waals surface area contributed by atoms with Crippen LogP contribution in [-0.4, -0.2) is 46.1 Å². The molecule has 2 aliphatic rings. The second-order valence-corrected chi connectivity index (χ2v) is 6.75. The number of benzene rings is 1. The van der Waals surface area contributed by atoms with Crippen LogP contribution in [0, 0.1) is 5.82 Å². The van der Waals surface area contributed by atoms with Crippen LogP contribution in [0.4, 0.5) is 14.9 Å². The highest BCUT2D eigenvalue weighted by Crippen LogP contribution is 2.27. The molecule has 1 heterocycles. The molecule has 0 aromatic heterocycles. The lowest BCUT2D eigenvalue weighted by Crippen LogP contribution is -2.43. The third-order valence-corrected chi connectivity index (χ3v) is 4.76. The molecule has 26 heavy (non-hydrogen) atoms. The number of nitrogens with zero attached hydrogens (tertiary/aromatic N) is 2. The number of carbonyl (C=O) groups is 4. The molecule has 1 aliphatic carbocycles. The first-order valence-electron chi connectivity index (χ1n) is 8.32. The molecule has 0 bridgehead atoms. The summed E-state index contributed by atoms with van der Waals surface area (Å²) in [7, 11) is 0. The van der Waals surface area contributed by atoms with Crippen LogP contribution < -0.4 is 5.32 Å². The molecule has 2 fully saturated rings. The lowest BCUT2D eigenvalue weighted by Gasteiger charge is -2.28. The molecule has 138 valence electrons. The van der Waals surface area contributed by atoms with Crippen molar-refractivity contribution in [1.82, 2.24) is 9.80 Å². The molecule has 1 aromatic carbocycles. The number of urea groups is 1. The van der Waals surface area contributed by atoms with Gasteiger partial charge in [-0.3, -0.25) is 19.3 Å². The van der Waals surface area contributed by atoms with Gasteiger partial charge in [0.2, 0.25) is 5.91 Å². The van der Waals surface area contributed by atoms with Gasteiger partial charge in [0.15, 0.2) is 0 Å². The van der Waals surface area contributed by atoms with E-state index in [-0.39, 0.29) is 16.8 Å². The Morgan fingerprint density at radius 1 is 1.15 bits per heavy atom. The number of carbonyl (C=O) groups excluding carboxylic acids is 4. The quantitative estimate of drug-likeness (QED) is 0.641. The Labute approximate surface area is 154 Å². The topological polar surface area (TPSA) is 86.8 Å². The van der Waals surface area contributed by atoms with Gasteiger partial charge < -0.3 is 5.32 Å². The minimum Gasteiger partial charge on any atom is -0.322 e. The first-order valence-corrected chi connectivity index (χ1v) is 8.70. The van der Waals surface area contributed by atoms with Gasteiger partial charge in [-0.15, -0.1) is 0 Å². The van der Waals surface area contributed by atoms with E-state index in [4.69, 9.17) is 11.6 Å². The lowest BCUT2D eigenvalue weighted by molar-refractivity contribution is -0.144. The molecule has 1 saturated carbocycles. The molecule has 3 rings (SSSR count).